The first kappa shape index (κ1) is 20.2. The van der Waals surface area contributed by atoms with Crippen LogP contribution >= 0.6 is 11.8 Å². The summed E-state index contributed by atoms with van der Waals surface area (Å²) in [5.74, 6) is 0.426. The second kappa shape index (κ2) is 9.17. The number of fused-ring (bicyclic) bond motifs is 1. The maximum Gasteiger partial charge on any atom is 0.340 e. The third-order valence-corrected chi connectivity index (χ3v) is 5.93. The van der Waals surface area contributed by atoms with Crippen LogP contribution in [-0.4, -0.2) is 31.2 Å². The fourth-order valence-electron chi connectivity index (χ4n) is 3.44. The number of methoxy groups -OCH3 is 1. The number of pyridine rings is 1. The molecule has 3 aromatic rings. The lowest BCUT2D eigenvalue weighted by Gasteiger charge is -2.27. The van der Waals surface area contributed by atoms with Gasteiger partial charge in [-0.15, -0.1) is 0 Å². The number of carbonyl (C=O) groups is 1. The third-order valence-electron chi connectivity index (χ3n) is 4.95. The van der Waals surface area contributed by atoms with Crippen molar-refractivity contribution in [3.63, 3.8) is 0 Å². The van der Waals surface area contributed by atoms with E-state index in [1.807, 2.05) is 18.2 Å². The largest absolute Gasteiger partial charge is 0.493 e. The molecule has 0 fully saturated rings. The maximum atomic E-state index is 13.4. The van der Waals surface area contributed by atoms with E-state index in [0.717, 1.165) is 27.5 Å². The Bertz CT molecular complexity index is 1060. The van der Waals surface area contributed by atoms with Gasteiger partial charge in [-0.05, 0) is 48.4 Å². The first-order valence-corrected chi connectivity index (χ1v) is 10.4. The first-order chi connectivity index (χ1) is 14.6. The van der Waals surface area contributed by atoms with Gasteiger partial charge < -0.3 is 14.8 Å². The van der Waals surface area contributed by atoms with E-state index in [0.29, 0.717) is 24.4 Å². The molecule has 0 saturated heterocycles. The van der Waals surface area contributed by atoms with Crippen molar-refractivity contribution in [3.8, 4) is 5.75 Å². The van der Waals surface area contributed by atoms with Gasteiger partial charge in [-0.1, -0.05) is 23.9 Å². The lowest BCUT2D eigenvalue weighted by atomic mass is 9.93. The summed E-state index contributed by atoms with van der Waals surface area (Å²) in [4.78, 5) is 17.9. The predicted octanol–water partition coefficient (Wildman–Crippen LogP) is 5.14. The molecule has 1 N–H and O–H groups in total. The molecule has 2 aromatic carbocycles. The minimum absolute atomic E-state index is 0.229. The molecule has 0 amide bonds. The number of carbonyl (C=O) groups excluding carboxylic acids is 1. The van der Waals surface area contributed by atoms with Crippen LogP contribution in [0.25, 0.3) is 0 Å². The van der Waals surface area contributed by atoms with Gasteiger partial charge in [0.1, 0.15) is 11.6 Å². The van der Waals surface area contributed by atoms with Gasteiger partial charge in [0, 0.05) is 28.5 Å². The summed E-state index contributed by atoms with van der Waals surface area (Å²) in [5.41, 5.74) is 2.22. The second-order valence-electron chi connectivity index (χ2n) is 6.89. The summed E-state index contributed by atoms with van der Waals surface area (Å²) >= 11 is 1.50. The molecule has 154 valence electrons. The van der Waals surface area contributed by atoms with E-state index in [4.69, 9.17) is 9.47 Å². The van der Waals surface area contributed by atoms with E-state index in [9.17, 15) is 9.18 Å². The van der Waals surface area contributed by atoms with Crippen LogP contribution in [0.15, 0.2) is 70.7 Å². The summed E-state index contributed by atoms with van der Waals surface area (Å²) in [6.45, 7) is 1.26. The highest BCUT2D eigenvalue weighted by Crippen LogP contribution is 2.38. The molecule has 0 aliphatic carbocycles. The van der Waals surface area contributed by atoms with Crippen molar-refractivity contribution < 1.29 is 18.7 Å². The highest BCUT2D eigenvalue weighted by Gasteiger charge is 2.23. The number of nitrogens with one attached hydrogen (secondary N) is 1. The molecule has 1 aliphatic heterocycles. The summed E-state index contributed by atoms with van der Waals surface area (Å²) in [5, 5.41) is 3.33. The molecular formula is C23H21FN2O3S. The van der Waals surface area contributed by atoms with E-state index in [1.165, 1.54) is 31.0 Å². The van der Waals surface area contributed by atoms with Gasteiger partial charge in [-0.3, -0.25) is 4.98 Å². The van der Waals surface area contributed by atoms with Crippen molar-refractivity contribution in [2.24, 2.45) is 0 Å². The lowest BCUT2D eigenvalue weighted by molar-refractivity contribution is 0.0601. The van der Waals surface area contributed by atoms with E-state index in [1.54, 1.807) is 24.5 Å². The molecular weight excluding hydrogens is 403 g/mol. The van der Waals surface area contributed by atoms with Gasteiger partial charge in [-0.2, -0.15) is 0 Å². The average Bonchev–Trinajstić information content (AvgIpc) is 2.77. The van der Waals surface area contributed by atoms with E-state index >= 15 is 0 Å². The quantitative estimate of drug-likeness (QED) is 0.553. The molecule has 1 atom stereocenters. The van der Waals surface area contributed by atoms with Crippen LogP contribution in [0.1, 0.15) is 28.3 Å². The van der Waals surface area contributed by atoms with E-state index in [2.05, 4.69) is 16.4 Å². The van der Waals surface area contributed by atoms with Gasteiger partial charge in [0.25, 0.3) is 0 Å². The van der Waals surface area contributed by atoms with Crippen LogP contribution in [0, 0.1) is 5.82 Å². The van der Waals surface area contributed by atoms with Gasteiger partial charge in [-0.25, -0.2) is 9.18 Å². The Morgan fingerprint density at radius 2 is 2.13 bits per heavy atom. The fourth-order valence-corrected chi connectivity index (χ4v) is 4.33. The van der Waals surface area contributed by atoms with Gasteiger partial charge >= 0.3 is 5.97 Å². The standard InChI is InChI=1S/C23H21FN2O3S/c1-28-23(27)20-7-9-25-14-21(20)26-13-15-8-10-29-22-12-18(5-6-19(15)22)30-17-4-2-3-16(24)11-17/h2-7,9,11-12,14-15,26H,8,10,13H2,1H3/t15-/m0/s1. The smallest absolute Gasteiger partial charge is 0.340 e. The highest BCUT2D eigenvalue weighted by molar-refractivity contribution is 7.99. The Hall–Kier alpha value is -3.06. The van der Waals surface area contributed by atoms with Crippen LogP contribution in [0.3, 0.4) is 0 Å². The fraction of sp³-hybridized carbons (Fsp3) is 0.217. The lowest BCUT2D eigenvalue weighted by Crippen LogP contribution is -2.21. The zero-order chi connectivity index (χ0) is 20.9. The van der Waals surface area contributed by atoms with Crippen molar-refractivity contribution in [3.05, 3.63) is 77.9 Å². The average molecular weight is 424 g/mol. The van der Waals surface area contributed by atoms with Crippen molar-refractivity contribution in [2.75, 3.05) is 25.6 Å². The Morgan fingerprint density at radius 3 is 2.97 bits per heavy atom. The summed E-state index contributed by atoms with van der Waals surface area (Å²) < 4.78 is 24.2. The van der Waals surface area contributed by atoms with Crippen molar-refractivity contribution in [1.82, 2.24) is 4.98 Å². The van der Waals surface area contributed by atoms with Crippen molar-refractivity contribution in [2.45, 2.75) is 22.1 Å². The van der Waals surface area contributed by atoms with Gasteiger partial charge in [0.2, 0.25) is 0 Å². The molecule has 0 radical (unpaired) electrons. The molecule has 1 aromatic heterocycles. The SMILES string of the molecule is COC(=O)c1ccncc1NC[C@@H]1CCOc2cc(Sc3cccc(F)c3)ccc21. The molecule has 0 unspecified atom stereocenters. The third kappa shape index (κ3) is 4.57. The maximum absolute atomic E-state index is 13.4. The van der Waals surface area contributed by atoms with Crippen LogP contribution in [-0.2, 0) is 4.74 Å². The molecule has 5 nitrogen and oxygen atoms in total. The minimum Gasteiger partial charge on any atom is -0.493 e. The number of benzene rings is 2. The normalized spacial score (nSPS) is 15.1. The number of halogens is 1. The monoisotopic (exact) mass is 424 g/mol. The zero-order valence-corrected chi connectivity index (χ0v) is 17.2. The number of aromatic nitrogens is 1. The molecule has 0 spiro atoms. The van der Waals surface area contributed by atoms with Crippen molar-refractivity contribution >= 4 is 23.4 Å². The summed E-state index contributed by atoms with van der Waals surface area (Å²) in [7, 11) is 1.36. The minimum atomic E-state index is -0.397. The van der Waals surface area contributed by atoms with E-state index in [-0.39, 0.29) is 11.7 Å². The molecule has 7 heteroatoms. The molecule has 2 heterocycles. The summed E-state index contributed by atoms with van der Waals surface area (Å²) in [6.07, 6.45) is 4.06. The number of ether oxygens (including phenoxy) is 2. The Balaban J connectivity index is 1.49. The van der Waals surface area contributed by atoms with Crippen LogP contribution < -0.4 is 10.1 Å². The molecule has 30 heavy (non-hydrogen) atoms. The van der Waals surface area contributed by atoms with Crippen LogP contribution in [0.5, 0.6) is 5.75 Å². The van der Waals surface area contributed by atoms with Crippen molar-refractivity contribution in [1.29, 1.82) is 0 Å². The van der Waals surface area contributed by atoms with Crippen LogP contribution in [0.2, 0.25) is 0 Å². The second-order valence-corrected chi connectivity index (χ2v) is 8.03. The van der Waals surface area contributed by atoms with Gasteiger partial charge in [0.15, 0.2) is 0 Å². The Kier molecular flexibility index (Phi) is 6.18. The topological polar surface area (TPSA) is 60.5 Å². The molecule has 1 aliphatic rings. The number of hydrogen-bond donors (Lipinski definition) is 1. The number of anilines is 1. The molecule has 4 rings (SSSR count). The predicted molar refractivity (Wildman–Crippen MR) is 114 cm³/mol. The number of nitrogens with zero attached hydrogens (tertiary/aromatic N) is 1. The number of esters is 1. The van der Waals surface area contributed by atoms with Gasteiger partial charge in [0.05, 0.1) is 31.2 Å². The Labute approximate surface area is 178 Å². The zero-order valence-electron chi connectivity index (χ0n) is 16.4. The number of rotatable bonds is 6. The highest BCUT2D eigenvalue weighted by atomic mass is 32.2. The van der Waals surface area contributed by atoms with Crippen LogP contribution in [0.4, 0.5) is 10.1 Å². The van der Waals surface area contributed by atoms with E-state index < -0.39 is 5.97 Å². The molecule has 0 saturated carbocycles. The Morgan fingerprint density at radius 1 is 1.27 bits per heavy atom. The first-order valence-electron chi connectivity index (χ1n) is 9.60. The summed E-state index contributed by atoms with van der Waals surface area (Å²) in [6, 6.07) is 14.3. The number of hydrogen-bond acceptors (Lipinski definition) is 6. The molecule has 0 bridgehead atoms.